The zero-order valence-electron chi connectivity index (χ0n) is 23.3. The van der Waals surface area contributed by atoms with Crippen LogP contribution in [0.25, 0.3) is 11.8 Å². The molecule has 6 rings (SSSR count). The SMILES string of the molecule is CCOC(=O)C1=C(c2ccccc2)N=c2s/c(=C/c3cccc(OCc4ccc(Cl)cc4)c3)c(=O)n2[C@H]1c1ccccc1. The van der Waals surface area contributed by atoms with E-state index < -0.39 is 12.0 Å². The summed E-state index contributed by atoms with van der Waals surface area (Å²) in [6, 6.07) is 33.4. The third-order valence-electron chi connectivity index (χ3n) is 6.96. The Labute approximate surface area is 257 Å². The van der Waals surface area contributed by atoms with E-state index in [1.807, 2.05) is 115 Å². The first-order valence-corrected chi connectivity index (χ1v) is 15.0. The number of rotatable bonds is 8. The highest BCUT2D eigenvalue weighted by Crippen LogP contribution is 2.35. The standard InChI is InChI=1S/C35H27ClN2O4S/c1-2-41-34(40)30-31(25-11-5-3-6-12-25)37-35-38(32(30)26-13-7-4-8-14-26)33(39)29(43-35)21-24-10-9-15-28(20-24)42-22-23-16-18-27(36)19-17-23/h3-21,32H,2,22H2,1H3/b29-21+/t32-/m0/s1. The second-order valence-corrected chi connectivity index (χ2v) is 11.3. The molecule has 5 aromatic rings. The molecule has 4 aromatic carbocycles. The molecule has 0 fully saturated rings. The van der Waals surface area contributed by atoms with Crippen molar-refractivity contribution < 1.29 is 14.3 Å². The fourth-order valence-electron chi connectivity index (χ4n) is 4.98. The molecule has 0 unspecified atom stereocenters. The Morgan fingerprint density at radius 3 is 2.40 bits per heavy atom. The molecule has 43 heavy (non-hydrogen) atoms. The first-order valence-electron chi connectivity index (χ1n) is 13.8. The predicted octanol–water partition coefficient (Wildman–Crippen LogP) is 6.17. The third kappa shape index (κ3) is 6.09. The van der Waals surface area contributed by atoms with Gasteiger partial charge in [0.15, 0.2) is 4.80 Å². The quantitative estimate of drug-likeness (QED) is 0.198. The van der Waals surface area contributed by atoms with Crippen LogP contribution in [0.1, 0.15) is 35.2 Å². The highest BCUT2D eigenvalue weighted by molar-refractivity contribution is 7.07. The molecule has 8 heteroatoms. The summed E-state index contributed by atoms with van der Waals surface area (Å²) in [6.07, 6.45) is 1.83. The summed E-state index contributed by atoms with van der Waals surface area (Å²) in [7, 11) is 0. The molecule has 2 heterocycles. The minimum absolute atomic E-state index is 0.201. The van der Waals surface area contributed by atoms with Crippen LogP contribution in [0, 0.1) is 0 Å². The first-order chi connectivity index (χ1) is 21.0. The molecule has 0 aliphatic carbocycles. The first kappa shape index (κ1) is 28.4. The van der Waals surface area contributed by atoms with Crippen LogP contribution >= 0.6 is 22.9 Å². The van der Waals surface area contributed by atoms with Crippen molar-refractivity contribution in [3.8, 4) is 5.75 Å². The molecule has 1 aliphatic heterocycles. The zero-order valence-corrected chi connectivity index (χ0v) is 24.8. The number of carbonyl (C=O) groups excluding carboxylic acids is 1. The van der Waals surface area contributed by atoms with Gasteiger partial charge in [0.2, 0.25) is 0 Å². The van der Waals surface area contributed by atoms with Gasteiger partial charge in [-0.2, -0.15) is 0 Å². The van der Waals surface area contributed by atoms with Gasteiger partial charge in [-0.25, -0.2) is 9.79 Å². The van der Waals surface area contributed by atoms with Crippen molar-refractivity contribution in [3.05, 3.63) is 162 Å². The molecule has 0 amide bonds. The average Bonchev–Trinajstić information content (AvgIpc) is 3.35. The smallest absolute Gasteiger partial charge is 0.338 e. The summed E-state index contributed by atoms with van der Waals surface area (Å²) in [6.45, 7) is 2.35. The van der Waals surface area contributed by atoms with Gasteiger partial charge in [-0.3, -0.25) is 9.36 Å². The lowest BCUT2D eigenvalue weighted by atomic mass is 9.93. The van der Waals surface area contributed by atoms with Crippen molar-refractivity contribution in [3.63, 3.8) is 0 Å². The Hall–Kier alpha value is -4.72. The fourth-order valence-corrected chi connectivity index (χ4v) is 6.11. The number of ether oxygens (including phenoxy) is 2. The van der Waals surface area contributed by atoms with E-state index >= 15 is 0 Å². The van der Waals surface area contributed by atoms with Crippen LogP contribution in [0.15, 0.2) is 125 Å². The Morgan fingerprint density at radius 2 is 1.67 bits per heavy atom. The van der Waals surface area contributed by atoms with Gasteiger partial charge in [-0.15, -0.1) is 0 Å². The lowest BCUT2D eigenvalue weighted by Crippen LogP contribution is -2.39. The highest BCUT2D eigenvalue weighted by Gasteiger charge is 2.35. The maximum absolute atomic E-state index is 14.1. The summed E-state index contributed by atoms with van der Waals surface area (Å²) in [5.74, 6) is 0.174. The maximum atomic E-state index is 14.1. The van der Waals surface area contributed by atoms with Crippen molar-refractivity contribution in [1.29, 1.82) is 0 Å². The van der Waals surface area contributed by atoms with Crippen LogP contribution in [0.4, 0.5) is 0 Å². The Morgan fingerprint density at radius 1 is 0.953 bits per heavy atom. The topological polar surface area (TPSA) is 69.9 Å². The van der Waals surface area contributed by atoms with E-state index in [1.165, 1.54) is 11.3 Å². The van der Waals surface area contributed by atoms with Crippen molar-refractivity contribution in [2.75, 3.05) is 6.61 Å². The number of benzene rings is 4. The van der Waals surface area contributed by atoms with Gasteiger partial charge in [-0.05, 0) is 54.0 Å². The maximum Gasteiger partial charge on any atom is 0.338 e. The van der Waals surface area contributed by atoms with Gasteiger partial charge in [0, 0.05) is 10.6 Å². The third-order valence-corrected chi connectivity index (χ3v) is 8.20. The number of nitrogens with zero attached hydrogens (tertiary/aromatic N) is 2. The van der Waals surface area contributed by atoms with Gasteiger partial charge in [0.25, 0.3) is 5.56 Å². The number of aromatic nitrogens is 1. The van der Waals surface area contributed by atoms with E-state index in [-0.39, 0.29) is 12.2 Å². The number of carbonyl (C=O) groups is 1. The fraction of sp³-hybridized carbons (Fsp3) is 0.114. The molecule has 1 aliphatic rings. The number of esters is 1. The second kappa shape index (κ2) is 12.7. The number of hydrogen-bond acceptors (Lipinski definition) is 6. The van der Waals surface area contributed by atoms with Crippen LogP contribution in [-0.4, -0.2) is 17.1 Å². The molecule has 0 N–H and O–H groups in total. The Kier molecular flexibility index (Phi) is 8.36. The molecule has 0 bridgehead atoms. The van der Waals surface area contributed by atoms with Crippen LogP contribution in [-0.2, 0) is 16.1 Å². The van der Waals surface area contributed by atoms with E-state index in [4.69, 9.17) is 26.1 Å². The molecule has 0 saturated carbocycles. The minimum atomic E-state index is -0.706. The van der Waals surface area contributed by atoms with Gasteiger partial charge in [0.1, 0.15) is 12.4 Å². The number of fused-ring (bicyclic) bond motifs is 1. The van der Waals surface area contributed by atoms with Crippen LogP contribution in [0.5, 0.6) is 5.75 Å². The van der Waals surface area contributed by atoms with E-state index in [9.17, 15) is 9.59 Å². The molecule has 214 valence electrons. The molecular weight excluding hydrogens is 580 g/mol. The second-order valence-electron chi connectivity index (χ2n) is 9.83. The van der Waals surface area contributed by atoms with Gasteiger partial charge in [-0.1, -0.05) is 108 Å². The summed E-state index contributed by atoms with van der Waals surface area (Å²) in [5, 5.41) is 0.673. The van der Waals surface area contributed by atoms with Gasteiger partial charge >= 0.3 is 5.97 Å². The lowest BCUT2D eigenvalue weighted by molar-refractivity contribution is -0.138. The monoisotopic (exact) mass is 606 g/mol. The summed E-state index contributed by atoms with van der Waals surface area (Å²) < 4.78 is 13.6. The average molecular weight is 607 g/mol. The van der Waals surface area contributed by atoms with Gasteiger partial charge in [0.05, 0.1) is 28.5 Å². The van der Waals surface area contributed by atoms with E-state index in [1.54, 1.807) is 11.5 Å². The highest BCUT2D eigenvalue weighted by atomic mass is 35.5. The number of thiazole rings is 1. The van der Waals surface area contributed by atoms with Crippen molar-refractivity contribution >= 4 is 40.7 Å². The van der Waals surface area contributed by atoms with Crippen molar-refractivity contribution in [2.45, 2.75) is 19.6 Å². The van der Waals surface area contributed by atoms with Crippen molar-refractivity contribution in [1.82, 2.24) is 4.57 Å². The van der Waals surface area contributed by atoms with Crippen LogP contribution in [0.3, 0.4) is 0 Å². The molecular formula is C35H27ClN2O4S. The molecule has 0 radical (unpaired) electrons. The number of hydrogen-bond donors (Lipinski definition) is 0. The molecule has 6 nitrogen and oxygen atoms in total. The van der Waals surface area contributed by atoms with E-state index in [0.29, 0.717) is 38.0 Å². The van der Waals surface area contributed by atoms with E-state index in [2.05, 4.69) is 0 Å². The molecule has 0 saturated heterocycles. The zero-order chi connectivity index (χ0) is 29.8. The lowest BCUT2D eigenvalue weighted by Gasteiger charge is -2.25. The summed E-state index contributed by atoms with van der Waals surface area (Å²) >= 11 is 7.28. The van der Waals surface area contributed by atoms with Gasteiger partial charge < -0.3 is 9.47 Å². The summed E-state index contributed by atoms with van der Waals surface area (Å²) in [4.78, 5) is 33.0. The largest absolute Gasteiger partial charge is 0.489 e. The van der Waals surface area contributed by atoms with E-state index in [0.717, 1.165) is 22.3 Å². The molecule has 1 aromatic heterocycles. The Balaban J connectivity index is 1.46. The Bertz CT molecular complexity index is 1980. The minimum Gasteiger partial charge on any atom is -0.489 e. The molecule has 0 spiro atoms. The number of halogens is 1. The predicted molar refractivity (Wildman–Crippen MR) is 170 cm³/mol. The van der Waals surface area contributed by atoms with Crippen molar-refractivity contribution in [2.24, 2.45) is 4.99 Å². The summed E-state index contributed by atoms with van der Waals surface area (Å²) in [5.41, 5.74) is 3.96. The van der Waals surface area contributed by atoms with Crippen LogP contribution in [0.2, 0.25) is 5.02 Å². The normalized spacial score (nSPS) is 14.7. The van der Waals surface area contributed by atoms with Crippen LogP contribution < -0.4 is 19.6 Å². The molecule has 1 atom stereocenters.